The molecular weight excluding hydrogens is 887 g/mol. The van der Waals surface area contributed by atoms with E-state index in [1.807, 2.05) is 6.08 Å². The number of unbranched alkanes of at least 4 members (excludes halogenated alkanes) is 45. The summed E-state index contributed by atoms with van der Waals surface area (Å²) in [5.41, 5.74) is 0. The van der Waals surface area contributed by atoms with Crippen LogP contribution in [0.4, 0.5) is 0 Å². The zero-order valence-electron chi connectivity index (χ0n) is 48.4. The zero-order valence-corrected chi connectivity index (χ0v) is 48.4. The number of nitrogens with one attached hydrogen (secondary N) is 1. The van der Waals surface area contributed by atoms with Gasteiger partial charge < -0.3 is 20.3 Å². The molecule has 72 heavy (non-hydrogen) atoms. The molecule has 0 aliphatic carbocycles. The molecule has 0 spiro atoms. The molecule has 0 radical (unpaired) electrons. The van der Waals surface area contributed by atoms with Crippen LogP contribution in [0.1, 0.15) is 348 Å². The van der Waals surface area contributed by atoms with Crippen LogP contribution in [0.15, 0.2) is 36.5 Å². The second-order valence-electron chi connectivity index (χ2n) is 22.1. The summed E-state index contributed by atoms with van der Waals surface area (Å²) in [4.78, 5) is 24.6. The highest BCUT2D eigenvalue weighted by molar-refractivity contribution is 5.76. The van der Waals surface area contributed by atoms with Crippen LogP contribution < -0.4 is 5.32 Å². The summed E-state index contributed by atoms with van der Waals surface area (Å²) >= 11 is 0. The smallest absolute Gasteiger partial charge is 0.305 e. The number of aliphatic hydroxyl groups is 2. The van der Waals surface area contributed by atoms with Crippen molar-refractivity contribution in [3.63, 3.8) is 0 Å². The van der Waals surface area contributed by atoms with E-state index in [4.69, 9.17) is 4.74 Å². The molecule has 2 atom stereocenters. The highest BCUT2D eigenvalue weighted by atomic mass is 16.5. The first-order chi connectivity index (χ1) is 35.5. The van der Waals surface area contributed by atoms with Crippen LogP contribution in [-0.4, -0.2) is 47.4 Å². The van der Waals surface area contributed by atoms with E-state index in [0.717, 1.165) is 57.8 Å². The van der Waals surface area contributed by atoms with E-state index in [1.165, 1.54) is 263 Å². The van der Waals surface area contributed by atoms with Gasteiger partial charge in [-0.1, -0.05) is 288 Å². The second kappa shape index (κ2) is 61.6. The number of amides is 1. The van der Waals surface area contributed by atoms with Crippen LogP contribution in [-0.2, 0) is 14.3 Å². The third-order valence-electron chi connectivity index (χ3n) is 14.9. The molecule has 0 saturated carbocycles. The highest BCUT2D eigenvalue weighted by Gasteiger charge is 2.18. The van der Waals surface area contributed by atoms with Gasteiger partial charge in [-0.05, 0) is 83.5 Å². The Bertz CT molecular complexity index is 1170. The van der Waals surface area contributed by atoms with E-state index >= 15 is 0 Å². The van der Waals surface area contributed by atoms with E-state index in [2.05, 4.69) is 43.5 Å². The van der Waals surface area contributed by atoms with Gasteiger partial charge in [-0.3, -0.25) is 9.59 Å². The number of carbonyl (C=O) groups is 2. The Hall–Kier alpha value is -1.92. The molecule has 6 heteroatoms. The number of allylic oxidation sites excluding steroid dienone is 5. The van der Waals surface area contributed by atoms with E-state index in [1.54, 1.807) is 6.08 Å². The van der Waals surface area contributed by atoms with Crippen LogP contribution in [0.25, 0.3) is 0 Å². The first kappa shape index (κ1) is 70.1. The van der Waals surface area contributed by atoms with E-state index in [0.29, 0.717) is 19.4 Å². The Morgan fingerprint density at radius 1 is 0.375 bits per heavy atom. The molecule has 0 saturated heterocycles. The normalized spacial score (nSPS) is 12.8. The first-order valence-corrected chi connectivity index (χ1v) is 32.3. The molecule has 0 aromatic rings. The Labute approximate surface area is 449 Å². The number of esters is 1. The van der Waals surface area contributed by atoms with Gasteiger partial charge in [-0.25, -0.2) is 0 Å². The number of hydrogen-bond donors (Lipinski definition) is 3. The van der Waals surface area contributed by atoms with Crippen molar-refractivity contribution in [2.24, 2.45) is 0 Å². The maximum Gasteiger partial charge on any atom is 0.305 e. The molecule has 0 bridgehead atoms. The van der Waals surface area contributed by atoms with Crippen molar-refractivity contribution in [3.8, 4) is 0 Å². The maximum atomic E-state index is 12.5. The third kappa shape index (κ3) is 57.4. The van der Waals surface area contributed by atoms with Crippen LogP contribution in [0.2, 0.25) is 0 Å². The van der Waals surface area contributed by atoms with Crippen molar-refractivity contribution in [2.75, 3.05) is 13.2 Å². The summed E-state index contributed by atoms with van der Waals surface area (Å²) < 4.78 is 5.49. The molecule has 424 valence electrons. The molecule has 1 amide bonds. The molecule has 0 rings (SSSR count). The van der Waals surface area contributed by atoms with Gasteiger partial charge in [-0.15, -0.1) is 0 Å². The lowest BCUT2D eigenvalue weighted by Crippen LogP contribution is -2.45. The SMILES string of the molecule is CCCCCCCC/C=C\CCCCCCCCCCCC(=O)OCCCCCCCC/C=C\CCCCCCCCCC(=O)NC(CO)C(O)/C=C/CCCCCCCCCCCCCCCCCCC. The van der Waals surface area contributed by atoms with Crippen LogP contribution in [0.3, 0.4) is 0 Å². The predicted molar refractivity (Wildman–Crippen MR) is 315 cm³/mol. The van der Waals surface area contributed by atoms with Gasteiger partial charge in [0.05, 0.1) is 25.4 Å². The van der Waals surface area contributed by atoms with Crippen molar-refractivity contribution in [3.05, 3.63) is 36.5 Å². The fraction of sp³-hybridized carbons (Fsp3) is 0.879. The molecule has 6 nitrogen and oxygen atoms in total. The van der Waals surface area contributed by atoms with Gasteiger partial charge in [-0.2, -0.15) is 0 Å². The monoisotopic (exact) mass is 1010 g/mol. The molecule has 0 fully saturated rings. The topological polar surface area (TPSA) is 95.9 Å². The van der Waals surface area contributed by atoms with Crippen LogP contribution in [0.5, 0.6) is 0 Å². The van der Waals surface area contributed by atoms with Gasteiger partial charge >= 0.3 is 5.97 Å². The fourth-order valence-electron chi connectivity index (χ4n) is 9.92. The minimum Gasteiger partial charge on any atom is -0.466 e. The third-order valence-corrected chi connectivity index (χ3v) is 14.9. The fourth-order valence-corrected chi connectivity index (χ4v) is 9.92. The second-order valence-corrected chi connectivity index (χ2v) is 22.1. The van der Waals surface area contributed by atoms with E-state index in [9.17, 15) is 19.8 Å². The zero-order chi connectivity index (χ0) is 52.2. The number of hydrogen-bond acceptors (Lipinski definition) is 5. The summed E-state index contributed by atoms with van der Waals surface area (Å²) in [6.07, 6.45) is 77.6. The van der Waals surface area contributed by atoms with Crippen molar-refractivity contribution in [1.82, 2.24) is 5.32 Å². The Kier molecular flexibility index (Phi) is 60.0. The summed E-state index contributed by atoms with van der Waals surface area (Å²) in [7, 11) is 0. The Morgan fingerprint density at radius 2 is 0.653 bits per heavy atom. The molecule has 0 aliphatic rings. The summed E-state index contributed by atoms with van der Waals surface area (Å²) in [6.45, 7) is 4.90. The Balaban J connectivity index is 3.47. The largest absolute Gasteiger partial charge is 0.466 e. The van der Waals surface area contributed by atoms with Gasteiger partial charge in [0.1, 0.15) is 0 Å². The standard InChI is InChI=1S/C66H125NO5/c1-3-5-7-9-11-13-15-17-19-21-23-26-30-34-38-42-46-50-54-58-64(69)63(62-68)67-65(70)59-55-51-47-43-39-35-31-27-25-29-33-37-41-45-49-53-57-61-72-66(71)60-56-52-48-44-40-36-32-28-24-22-20-18-16-14-12-10-8-6-4-2/h18,20,25,29,54,58,63-64,68-69H,3-17,19,21-24,26-28,30-53,55-57,59-62H2,1-2H3,(H,67,70)/b20-18-,29-25-,58-54+. The quantitative estimate of drug-likeness (QED) is 0.0320. The number of rotatable bonds is 60. The van der Waals surface area contributed by atoms with Crippen molar-refractivity contribution in [1.29, 1.82) is 0 Å². The van der Waals surface area contributed by atoms with Crippen molar-refractivity contribution < 1.29 is 24.5 Å². The summed E-state index contributed by atoms with van der Waals surface area (Å²) in [5, 5.41) is 23.2. The lowest BCUT2D eigenvalue weighted by molar-refractivity contribution is -0.143. The first-order valence-electron chi connectivity index (χ1n) is 32.3. The average molecular weight is 1010 g/mol. The highest BCUT2D eigenvalue weighted by Crippen LogP contribution is 2.17. The van der Waals surface area contributed by atoms with Crippen LogP contribution >= 0.6 is 0 Å². The van der Waals surface area contributed by atoms with Gasteiger partial charge in [0.25, 0.3) is 0 Å². The minimum atomic E-state index is -0.853. The number of carbonyl (C=O) groups excluding carboxylic acids is 2. The maximum absolute atomic E-state index is 12.5. The van der Waals surface area contributed by atoms with E-state index in [-0.39, 0.29) is 18.5 Å². The van der Waals surface area contributed by atoms with E-state index < -0.39 is 12.1 Å². The summed E-state index contributed by atoms with van der Waals surface area (Å²) in [5.74, 6) is -0.0805. The molecule has 0 aliphatic heterocycles. The Morgan fingerprint density at radius 3 is 0.986 bits per heavy atom. The lowest BCUT2D eigenvalue weighted by Gasteiger charge is -2.20. The lowest BCUT2D eigenvalue weighted by atomic mass is 10.0. The predicted octanol–water partition coefficient (Wildman–Crippen LogP) is 20.4. The average Bonchev–Trinajstić information content (AvgIpc) is 3.38. The van der Waals surface area contributed by atoms with Gasteiger partial charge in [0.2, 0.25) is 5.91 Å². The number of ether oxygens (including phenoxy) is 1. The van der Waals surface area contributed by atoms with Crippen molar-refractivity contribution in [2.45, 2.75) is 360 Å². The molecule has 3 N–H and O–H groups in total. The molecule has 0 aromatic heterocycles. The number of aliphatic hydroxyl groups excluding tert-OH is 2. The molecule has 0 heterocycles. The minimum absolute atomic E-state index is 0.00280. The molecular formula is C66H125NO5. The van der Waals surface area contributed by atoms with Crippen LogP contribution in [0, 0.1) is 0 Å². The summed E-state index contributed by atoms with van der Waals surface area (Å²) in [6, 6.07) is -0.638. The van der Waals surface area contributed by atoms with Gasteiger partial charge in [0, 0.05) is 12.8 Å². The van der Waals surface area contributed by atoms with Crippen molar-refractivity contribution >= 4 is 11.9 Å². The molecule has 0 aromatic carbocycles. The molecule has 2 unspecified atom stereocenters. The van der Waals surface area contributed by atoms with Gasteiger partial charge in [0.15, 0.2) is 0 Å².